The number of aryl methyl sites for hydroxylation is 2. The molecule has 2 heterocycles. The lowest BCUT2D eigenvalue weighted by Gasteiger charge is -2.24. The topological polar surface area (TPSA) is 54.3 Å². The molecule has 6 heteroatoms. The van der Waals surface area contributed by atoms with Crippen molar-refractivity contribution in [1.82, 2.24) is 24.6 Å². The number of benzene rings is 1. The zero-order chi connectivity index (χ0) is 20.1. The average molecular weight is 377 g/mol. The fourth-order valence-corrected chi connectivity index (χ4v) is 3.10. The number of likely N-dealkylation sites (N-methyl/N-ethyl adjacent to an activating group) is 1. The van der Waals surface area contributed by atoms with Crippen LogP contribution in [-0.4, -0.2) is 57.7 Å². The molecule has 0 N–H and O–H groups in total. The van der Waals surface area contributed by atoms with E-state index in [0.717, 1.165) is 29.2 Å². The Morgan fingerprint density at radius 2 is 1.82 bits per heavy atom. The Balaban J connectivity index is 1.80. The first kappa shape index (κ1) is 19.8. The van der Waals surface area contributed by atoms with Crippen LogP contribution in [0, 0.1) is 13.8 Å². The van der Waals surface area contributed by atoms with Crippen LogP contribution in [-0.2, 0) is 6.54 Å². The number of nitrogens with zero attached hydrogens (tertiary/aromatic N) is 5. The lowest BCUT2D eigenvalue weighted by atomic mass is 10.1. The Morgan fingerprint density at radius 1 is 1.07 bits per heavy atom. The van der Waals surface area contributed by atoms with Crippen LogP contribution in [0.15, 0.2) is 54.9 Å². The SMILES string of the molecule is Cc1cc(C)n(-c2ccc(C(=O)N(CCN(C)C)Cc3cccnc3)cc2)n1. The Bertz CT molecular complexity index is 916. The van der Waals surface area contributed by atoms with E-state index >= 15 is 0 Å². The lowest BCUT2D eigenvalue weighted by molar-refractivity contribution is 0.0732. The Hall–Kier alpha value is -2.99. The van der Waals surface area contributed by atoms with Crippen molar-refractivity contribution in [2.24, 2.45) is 0 Å². The third kappa shape index (κ3) is 4.84. The van der Waals surface area contributed by atoms with Gasteiger partial charge in [-0.25, -0.2) is 4.68 Å². The average Bonchev–Trinajstić information content (AvgIpc) is 3.03. The molecule has 0 unspecified atom stereocenters. The normalized spacial score (nSPS) is 11.0. The summed E-state index contributed by atoms with van der Waals surface area (Å²) in [6.07, 6.45) is 3.55. The van der Waals surface area contributed by atoms with E-state index in [0.29, 0.717) is 18.7 Å². The molecule has 3 aromatic rings. The largest absolute Gasteiger partial charge is 0.333 e. The summed E-state index contributed by atoms with van der Waals surface area (Å²) in [6.45, 7) is 5.99. The smallest absolute Gasteiger partial charge is 0.254 e. The fraction of sp³-hybridized carbons (Fsp3) is 0.318. The van der Waals surface area contributed by atoms with Crippen molar-refractivity contribution in [2.45, 2.75) is 20.4 Å². The van der Waals surface area contributed by atoms with Gasteiger partial charge in [-0.3, -0.25) is 9.78 Å². The summed E-state index contributed by atoms with van der Waals surface area (Å²) in [5.41, 5.74) is 4.70. The van der Waals surface area contributed by atoms with Crippen LogP contribution in [0.4, 0.5) is 0 Å². The second-order valence-electron chi connectivity index (χ2n) is 7.28. The first-order valence-electron chi connectivity index (χ1n) is 9.40. The molecule has 0 radical (unpaired) electrons. The number of carbonyl (C=O) groups is 1. The van der Waals surface area contributed by atoms with Gasteiger partial charge in [0.15, 0.2) is 0 Å². The van der Waals surface area contributed by atoms with E-state index in [-0.39, 0.29) is 5.91 Å². The van der Waals surface area contributed by atoms with E-state index in [1.807, 2.05) is 86.2 Å². The molecule has 1 amide bonds. The van der Waals surface area contributed by atoms with Gasteiger partial charge in [0, 0.05) is 43.3 Å². The molecule has 0 aliphatic carbocycles. The van der Waals surface area contributed by atoms with Gasteiger partial charge in [-0.15, -0.1) is 0 Å². The lowest BCUT2D eigenvalue weighted by Crippen LogP contribution is -2.36. The molecule has 1 aromatic carbocycles. The Kier molecular flexibility index (Phi) is 6.21. The highest BCUT2D eigenvalue weighted by molar-refractivity contribution is 5.94. The van der Waals surface area contributed by atoms with E-state index in [2.05, 4.69) is 15.0 Å². The predicted molar refractivity (Wildman–Crippen MR) is 111 cm³/mol. The minimum absolute atomic E-state index is 0.0191. The molecule has 6 nitrogen and oxygen atoms in total. The van der Waals surface area contributed by atoms with Gasteiger partial charge in [-0.1, -0.05) is 6.07 Å². The highest BCUT2D eigenvalue weighted by Crippen LogP contribution is 2.15. The maximum Gasteiger partial charge on any atom is 0.254 e. The zero-order valence-corrected chi connectivity index (χ0v) is 17.0. The molecule has 0 fully saturated rings. The van der Waals surface area contributed by atoms with Crippen molar-refractivity contribution in [1.29, 1.82) is 0 Å². The van der Waals surface area contributed by atoms with Crippen LogP contribution in [0.2, 0.25) is 0 Å². The van der Waals surface area contributed by atoms with Gasteiger partial charge in [0.25, 0.3) is 5.91 Å². The maximum absolute atomic E-state index is 13.1. The molecular weight excluding hydrogens is 350 g/mol. The molecule has 146 valence electrons. The van der Waals surface area contributed by atoms with Gasteiger partial charge in [0.1, 0.15) is 0 Å². The van der Waals surface area contributed by atoms with Gasteiger partial charge in [0.05, 0.1) is 11.4 Å². The summed E-state index contributed by atoms with van der Waals surface area (Å²) in [5, 5.41) is 4.50. The number of hydrogen-bond acceptors (Lipinski definition) is 4. The van der Waals surface area contributed by atoms with Crippen molar-refractivity contribution in [3.8, 4) is 5.69 Å². The number of rotatable bonds is 7. The van der Waals surface area contributed by atoms with E-state index < -0.39 is 0 Å². The molecular formula is C22H27N5O. The van der Waals surface area contributed by atoms with Crippen LogP contribution in [0.5, 0.6) is 0 Å². The molecule has 0 saturated carbocycles. The first-order chi connectivity index (χ1) is 13.4. The number of carbonyl (C=O) groups excluding carboxylic acids is 1. The summed E-state index contributed by atoms with van der Waals surface area (Å²) in [6, 6.07) is 13.6. The number of aromatic nitrogens is 3. The summed E-state index contributed by atoms with van der Waals surface area (Å²) in [7, 11) is 4.02. The van der Waals surface area contributed by atoms with E-state index in [9.17, 15) is 4.79 Å². The first-order valence-corrected chi connectivity index (χ1v) is 9.40. The summed E-state index contributed by atoms with van der Waals surface area (Å²) >= 11 is 0. The van der Waals surface area contributed by atoms with Crippen molar-refractivity contribution in [2.75, 3.05) is 27.2 Å². The van der Waals surface area contributed by atoms with Gasteiger partial charge in [-0.05, 0) is 69.9 Å². The van der Waals surface area contributed by atoms with Crippen LogP contribution < -0.4 is 0 Å². The molecule has 0 aliphatic rings. The minimum Gasteiger partial charge on any atom is -0.333 e. The second-order valence-corrected chi connectivity index (χ2v) is 7.28. The molecule has 0 saturated heterocycles. The van der Waals surface area contributed by atoms with Crippen LogP contribution in [0.25, 0.3) is 5.69 Å². The van der Waals surface area contributed by atoms with Gasteiger partial charge in [-0.2, -0.15) is 5.10 Å². The molecule has 3 rings (SSSR count). The number of amides is 1. The fourth-order valence-electron chi connectivity index (χ4n) is 3.10. The predicted octanol–water partition coefficient (Wildman–Crippen LogP) is 3.09. The van der Waals surface area contributed by atoms with Crippen LogP contribution in [0.3, 0.4) is 0 Å². The summed E-state index contributed by atoms with van der Waals surface area (Å²) in [5.74, 6) is 0.0191. The molecule has 0 spiro atoms. The standard InChI is InChI=1S/C22H27N5O/c1-17-14-18(2)27(24-17)21-9-7-20(8-10-21)22(28)26(13-12-25(3)4)16-19-6-5-11-23-15-19/h5-11,14-15H,12-13,16H2,1-4H3. The second kappa shape index (κ2) is 8.80. The Morgan fingerprint density at radius 3 is 2.39 bits per heavy atom. The highest BCUT2D eigenvalue weighted by Gasteiger charge is 2.17. The maximum atomic E-state index is 13.1. The van der Waals surface area contributed by atoms with Crippen LogP contribution >= 0.6 is 0 Å². The van der Waals surface area contributed by atoms with Crippen molar-refractivity contribution >= 4 is 5.91 Å². The van der Waals surface area contributed by atoms with Gasteiger partial charge >= 0.3 is 0 Å². The van der Waals surface area contributed by atoms with E-state index in [1.54, 1.807) is 6.20 Å². The zero-order valence-electron chi connectivity index (χ0n) is 17.0. The summed E-state index contributed by atoms with van der Waals surface area (Å²) in [4.78, 5) is 21.3. The van der Waals surface area contributed by atoms with E-state index in [1.165, 1.54) is 0 Å². The van der Waals surface area contributed by atoms with Crippen molar-refractivity contribution < 1.29 is 4.79 Å². The highest BCUT2D eigenvalue weighted by atomic mass is 16.2. The van der Waals surface area contributed by atoms with Crippen LogP contribution in [0.1, 0.15) is 27.3 Å². The third-order valence-electron chi connectivity index (χ3n) is 4.57. The van der Waals surface area contributed by atoms with Gasteiger partial charge < -0.3 is 9.80 Å². The third-order valence-corrected chi connectivity index (χ3v) is 4.57. The van der Waals surface area contributed by atoms with Gasteiger partial charge in [0.2, 0.25) is 0 Å². The van der Waals surface area contributed by atoms with Crippen molar-refractivity contribution in [3.05, 3.63) is 77.4 Å². The molecule has 0 atom stereocenters. The van der Waals surface area contributed by atoms with E-state index in [4.69, 9.17) is 0 Å². The van der Waals surface area contributed by atoms with Crippen molar-refractivity contribution in [3.63, 3.8) is 0 Å². The quantitative estimate of drug-likeness (QED) is 0.635. The number of hydrogen-bond donors (Lipinski definition) is 0. The Labute approximate surface area is 166 Å². The summed E-state index contributed by atoms with van der Waals surface area (Å²) < 4.78 is 1.89. The number of pyridine rings is 1. The molecule has 0 aliphatic heterocycles. The molecule has 28 heavy (non-hydrogen) atoms. The monoisotopic (exact) mass is 377 g/mol. The molecule has 2 aromatic heterocycles. The molecule has 0 bridgehead atoms. The minimum atomic E-state index is 0.0191.